The third-order valence-corrected chi connectivity index (χ3v) is 5.45. The molecule has 5 heteroatoms. The zero-order chi connectivity index (χ0) is 20.5. The Bertz CT molecular complexity index is 790. The van der Waals surface area contributed by atoms with Gasteiger partial charge in [-0.15, -0.1) is 0 Å². The lowest BCUT2D eigenvalue weighted by Gasteiger charge is -2.32. The van der Waals surface area contributed by atoms with Crippen LogP contribution in [0.5, 0.6) is 0 Å². The maximum atomic E-state index is 11.1. The molecule has 0 saturated carbocycles. The monoisotopic (exact) mass is 393 g/mol. The maximum Gasteiger partial charge on any atom is 0.267 e. The first-order valence-electron chi connectivity index (χ1n) is 10.4. The third kappa shape index (κ3) is 6.17. The zero-order valence-corrected chi connectivity index (χ0v) is 17.1. The van der Waals surface area contributed by atoms with Gasteiger partial charge in [0.15, 0.2) is 0 Å². The third-order valence-electron chi connectivity index (χ3n) is 5.45. The summed E-state index contributed by atoms with van der Waals surface area (Å²) in [7, 11) is 0. The van der Waals surface area contributed by atoms with Crippen molar-refractivity contribution in [2.45, 2.75) is 38.8 Å². The van der Waals surface area contributed by atoms with E-state index in [4.69, 9.17) is 5.21 Å². The van der Waals surface area contributed by atoms with Crippen molar-refractivity contribution in [3.63, 3.8) is 0 Å². The molecule has 0 radical (unpaired) electrons. The summed E-state index contributed by atoms with van der Waals surface area (Å²) < 4.78 is 0. The molecule has 1 heterocycles. The Kier molecular flexibility index (Phi) is 7.85. The Labute approximate surface area is 173 Å². The Morgan fingerprint density at radius 2 is 1.97 bits per heavy atom. The number of para-hydroxylation sites is 1. The van der Waals surface area contributed by atoms with Gasteiger partial charge in [0.25, 0.3) is 5.91 Å². The van der Waals surface area contributed by atoms with Crippen molar-refractivity contribution < 1.29 is 10.0 Å². The summed E-state index contributed by atoms with van der Waals surface area (Å²) in [6.45, 7) is 6.46. The molecule has 1 saturated heterocycles. The molecule has 0 spiro atoms. The fourth-order valence-electron chi connectivity index (χ4n) is 3.98. The van der Waals surface area contributed by atoms with E-state index in [1.54, 1.807) is 11.6 Å². The molecule has 0 bridgehead atoms. The molecule has 0 unspecified atom stereocenters. The molecule has 29 heavy (non-hydrogen) atoms. The second-order valence-corrected chi connectivity index (χ2v) is 7.60. The lowest BCUT2D eigenvalue weighted by molar-refractivity contribution is -0.124. The van der Waals surface area contributed by atoms with Crippen LogP contribution in [-0.2, 0) is 11.3 Å². The standard InChI is InChI=1S/C24H31N3O2/c1-2-16-26(22-7-4-3-5-8-22)19-23-9-6-17-27(23)18-21-12-10-20(11-13-21)14-15-24(28)25-29/h3-5,7-8,10-15,23,29H,2,6,9,16-19H2,1H3,(H,25,28)/b15-14+/t23-/m0/s1. The highest BCUT2D eigenvalue weighted by molar-refractivity contribution is 5.90. The van der Waals surface area contributed by atoms with Crippen LogP contribution in [0.15, 0.2) is 60.7 Å². The van der Waals surface area contributed by atoms with Crippen molar-refractivity contribution in [3.8, 4) is 0 Å². The first-order valence-corrected chi connectivity index (χ1v) is 10.4. The van der Waals surface area contributed by atoms with Gasteiger partial charge in [-0.05, 0) is 55.1 Å². The number of amides is 1. The van der Waals surface area contributed by atoms with E-state index in [0.717, 1.165) is 38.2 Å². The highest BCUT2D eigenvalue weighted by Gasteiger charge is 2.26. The summed E-state index contributed by atoms with van der Waals surface area (Å²) in [5, 5.41) is 8.55. The quantitative estimate of drug-likeness (QED) is 0.383. The fraction of sp³-hybridized carbons (Fsp3) is 0.375. The van der Waals surface area contributed by atoms with E-state index in [0.29, 0.717) is 6.04 Å². The van der Waals surface area contributed by atoms with Crippen molar-refractivity contribution in [2.24, 2.45) is 0 Å². The number of hydroxylamine groups is 1. The Hall–Kier alpha value is -2.63. The molecule has 2 aromatic rings. The van der Waals surface area contributed by atoms with E-state index in [9.17, 15) is 4.79 Å². The Morgan fingerprint density at radius 1 is 1.21 bits per heavy atom. The van der Waals surface area contributed by atoms with Crippen LogP contribution in [0.2, 0.25) is 0 Å². The van der Waals surface area contributed by atoms with Crippen molar-refractivity contribution in [2.75, 3.05) is 24.5 Å². The minimum absolute atomic E-state index is 0.524. The van der Waals surface area contributed by atoms with Crippen LogP contribution in [0, 0.1) is 0 Å². The van der Waals surface area contributed by atoms with Crippen LogP contribution in [0.4, 0.5) is 5.69 Å². The van der Waals surface area contributed by atoms with Gasteiger partial charge in [-0.1, -0.05) is 49.4 Å². The Balaban J connectivity index is 1.61. The maximum absolute atomic E-state index is 11.1. The van der Waals surface area contributed by atoms with Crippen LogP contribution < -0.4 is 10.4 Å². The lowest BCUT2D eigenvalue weighted by atomic mass is 10.1. The molecule has 1 amide bonds. The molecule has 0 aromatic heterocycles. The average Bonchev–Trinajstić information content (AvgIpc) is 3.19. The second kappa shape index (κ2) is 10.8. The van der Waals surface area contributed by atoms with E-state index in [-0.39, 0.29) is 0 Å². The van der Waals surface area contributed by atoms with Crippen molar-refractivity contribution >= 4 is 17.7 Å². The minimum atomic E-state index is -0.524. The number of carbonyl (C=O) groups is 1. The second-order valence-electron chi connectivity index (χ2n) is 7.60. The molecule has 154 valence electrons. The molecule has 1 aliphatic rings. The average molecular weight is 394 g/mol. The van der Waals surface area contributed by atoms with Crippen LogP contribution in [0.3, 0.4) is 0 Å². The van der Waals surface area contributed by atoms with Crippen LogP contribution in [0.25, 0.3) is 6.08 Å². The number of hydrogen-bond donors (Lipinski definition) is 2. The van der Waals surface area contributed by atoms with Crippen LogP contribution >= 0.6 is 0 Å². The lowest BCUT2D eigenvalue weighted by Crippen LogP contribution is -2.40. The highest BCUT2D eigenvalue weighted by Crippen LogP contribution is 2.24. The number of rotatable bonds is 9. The first-order chi connectivity index (χ1) is 14.2. The smallest absolute Gasteiger partial charge is 0.267 e. The number of carbonyl (C=O) groups excluding carboxylic acids is 1. The van der Waals surface area contributed by atoms with Crippen molar-refractivity contribution in [1.29, 1.82) is 0 Å². The van der Waals surface area contributed by atoms with E-state index in [1.807, 2.05) is 12.1 Å². The summed E-state index contributed by atoms with van der Waals surface area (Å²) in [6.07, 6.45) is 6.64. The minimum Gasteiger partial charge on any atom is -0.370 e. The molecule has 3 rings (SSSR count). The molecular formula is C24H31N3O2. The number of hydrogen-bond acceptors (Lipinski definition) is 4. The molecule has 2 aromatic carbocycles. The van der Waals surface area contributed by atoms with Gasteiger partial charge in [0.1, 0.15) is 0 Å². The molecule has 0 aliphatic carbocycles. The highest BCUT2D eigenvalue weighted by atomic mass is 16.5. The van der Waals surface area contributed by atoms with Gasteiger partial charge in [0, 0.05) is 37.4 Å². The fourth-order valence-corrected chi connectivity index (χ4v) is 3.98. The molecular weight excluding hydrogens is 362 g/mol. The molecule has 1 aliphatic heterocycles. The van der Waals surface area contributed by atoms with E-state index < -0.39 is 5.91 Å². The van der Waals surface area contributed by atoms with Gasteiger partial charge in [-0.2, -0.15) is 0 Å². The predicted molar refractivity (Wildman–Crippen MR) is 118 cm³/mol. The van der Waals surface area contributed by atoms with Crippen LogP contribution in [-0.4, -0.2) is 41.7 Å². The van der Waals surface area contributed by atoms with Gasteiger partial charge < -0.3 is 4.90 Å². The topological polar surface area (TPSA) is 55.8 Å². The molecule has 5 nitrogen and oxygen atoms in total. The van der Waals surface area contributed by atoms with Gasteiger partial charge in [0.05, 0.1) is 0 Å². The summed E-state index contributed by atoms with van der Waals surface area (Å²) in [5.74, 6) is -0.524. The predicted octanol–water partition coefficient (Wildman–Crippen LogP) is 4.09. The zero-order valence-electron chi connectivity index (χ0n) is 17.1. The van der Waals surface area contributed by atoms with Gasteiger partial charge in [-0.25, -0.2) is 5.48 Å². The van der Waals surface area contributed by atoms with Gasteiger partial charge in [0.2, 0.25) is 0 Å². The van der Waals surface area contributed by atoms with Crippen molar-refractivity contribution in [3.05, 3.63) is 71.8 Å². The summed E-state index contributed by atoms with van der Waals surface area (Å²) >= 11 is 0. The SMILES string of the molecule is CCCN(C[C@@H]1CCCN1Cc1ccc(/C=C/C(=O)NO)cc1)c1ccccc1. The van der Waals surface area contributed by atoms with E-state index in [1.165, 1.54) is 30.2 Å². The van der Waals surface area contributed by atoms with E-state index >= 15 is 0 Å². The number of likely N-dealkylation sites (tertiary alicyclic amines) is 1. The Morgan fingerprint density at radius 3 is 2.66 bits per heavy atom. The molecule has 1 atom stereocenters. The summed E-state index contributed by atoms with van der Waals surface area (Å²) in [5.41, 5.74) is 5.13. The summed E-state index contributed by atoms with van der Waals surface area (Å²) in [4.78, 5) is 16.2. The molecule has 1 fully saturated rings. The summed E-state index contributed by atoms with van der Waals surface area (Å²) in [6, 6.07) is 19.5. The number of nitrogens with zero attached hydrogens (tertiary/aromatic N) is 2. The number of anilines is 1. The largest absolute Gasteiger partial charge is 0.370 e. The van der Waals surface area contributed by atoms with Gasteiger partial charge in [-0.3, -0.25) is 14.9 Å². The van der Waals surface area contributed by atoms with Gasteiger partial charge >= 0.3 is 0 Å². The number of benzene rings is 2. The van der Waals surface area contributed by atoms with Crippen molar-refractivity contribution in [1.82, 2.24) is 10.4 Å². The first kappa shape index (κ1) is 21.1. The molecule has 2 N–H and O–H groups in total. The van der Waals surface area contributed by atoms with E-state index in [2.05, 4.69) is 59.2 Å². The van der Waals surface area contributed by atoms with Crippen LogP contribution in [0.1, 0.15) is 37.3 Å². The normalized spacial score (nSPS) is 17.0. The number of nitrogens with one attached hydrogen (secondary N) is 1.